The second kappa shape index (κ2) is 10.4. The van der Waals surface area contributed by atoms with Gasteiger partial charge in [-0.2, -0.15) is 0 Å². The number of rotatable bonds is 9. The Hall–Kier alpha value is -2.92. The fourth-order valence-corrected chi connectivity index (χ4v) is 3.59. The minimum absolute atomic E-state index is 0.0369. The highest BCUT2D eigenvalue weighted by Crippen LogP contribution is 2.30. The number of aromatic carboxylic acids is 1. The molecule has 0 spiro atoms. The van der Waals surface area contributed by atoms with Crippen molar-refractivity contribution in [3.63, 3.8) is 0 Å². The Kier molecular flexibility index (Phi) is 7.64. The van der Waals surface area contributed by atoms with Gasteiger partial charge >= 0.3 is 13.1 Å². The second-order valence-corrected chi connectivity index (χ2v) is 7.32. The fraction of sp³-hybridized carbons (Fsp3) is 0.333. The van der Waals surface area contributed by atoms with E-state index < -0.39 is 24.9 Å². The normalized spacial score (nSPS) is 15.4. The minimum Gasteiger partial charge on any atom is -0.534 e. The van der Waals surface area contributed by atoms with E-state index >= 15 is 0 Å². The van der Waals surface area contributed by atoms with E-state index in [1.165, 1.54) is 6.07 Å². The van der Waals surface area contributed by atoms with Crippen molar-refractivity contribution in [2.24, 2.45) is 0 Å². The van der Waals surface area contributed by atoms with Crippen LogP contribution in [0.4, 0.5) is 0 Å². The summed E-state index contributed by atoms with van der Waals surface area (Å²) in [6.07, 6.45) is 0.226. The maximum absolute atomic E-state index is 12.8. The average Bonchev–Trinajstić information content (AvgIpc) is 2.74. The quantitative estimate of drug-likeness (QED) is 0.350. The highest BCUT2D eigenvalue weighted by atomic mass is 16.5. The van der Waals surface area contributed by atoms with E-state index in [1.807, 2.05) is 11.0 Å². The van der Waals surface area contributed by atoms with E-state index in [0.717, 1.165) is 5.56 Å². The van der Waals surface area contributed by atoms with E-state index in [0.29, 0.717) is 30.8 Å². The summed E-state index contributed by atoms with van der Waals surface area (Å²) >= 11 is 0. The number of nitrogens with one attached hydrogen (secondary N) is 1. The molecule has 31 heavy (non-hydrogen) atoms. The van der Waals surface area contributed by atoms with Crippen LogP contribution in [0.15, 0.2) is 42.5 Å². The van der Waals surface area contributed by atoms with Gasteiger partial charge in [0.25, 0.3) is 5.91 Å². The van der Waals surface area contributed by atoms with Gasteiger partial charge < -0.3 is 30.3 Å². The van der Waals surface area contributed by atoms with Crippen LogP contribution < -0.4 is 9.97 Å². The molecule has 0 unspecified atom stereocenters. The fourth-order valence-electron chi connectivity index (χ4n) is 3.59. The van der Waals surface area contributed by atoms with Crippen molar-refractivity contribution in [2.75, 3.05) is 26.3 Å². The topological polar surface area (TPSA) is 140 Å². The number of hydrogen-bond donors (Lipinski definition) is 5. The van der Waals surface area contributed by atoms with Gasteiger partial charge in [0, 0.05) is 25.2 Å². The minimum atomic E-state index is -1.38. The number of para-hydroxylation sites is 1. The summed E-state index contributed by atoms with van der Waals surface area (Å²) in [7, 11) is -1.38. The molecule has 0 fully saturated rings. The Morgan fingerprint density at radius 2 is 1.84 bits per heavy atom. The van der Waals surface area contributed by atoms with Crippen LogP contribution >= 0.6 is 0 Å². The Bertz CT molecular complexity index is 934. The SMILES string of the molecule is O=C(N[C@H]1Cc2cccc(C(=O)O)c2OB1O)c1cccc(CN(CCO)CCO)c1. The lowest BCUT2D eigenvalue weighted by Crippen LogP contribution is -2.53. The van der Waals surface area contributed by atoms with E-state index in [-0.39, 0.29) is 30.9 Å². The predicted octanol–water partition coefficient (Wildman–Crippen LogP) is -0.0754. The Morgan fingerprint density at radius 1 is 1.13 bits per heavy atom. The molecule has 1 amide bonds. The van der Waals surface area contributed by atoms with Crippen LogP contribution in [0.5, 0.6) is 5.75 Å². The van der Waals surface area contributed by atoms with Crippen molar-refractivity contribution in [2.45, 2.75) is 18.9 Å². The van der Waals surface area contributed by atoms with Crippen LogP contribution in [0, 0.1) is 0 Å². The molecule has 0 radical (unpaired) electrons. The van der Waals surface area contributed by atoms with Crippen LogP contribution in [0.3, 0.4) is 0 Å². The first-order chi connectivity index (χ1) is 14.9. The molecular formula is C21H25BN2O7. The third kappa shape index (κ3) is 5.62. The molecule has 164 valence electrons. The van der Waals surface area contributed by atoms with Crippen LogP contribution in [0.25, 0.3) is 0 Å². The summed E-state index contributed by atoms with van der Waals surface area (Å²) in [5.74, 6) is -2.18. The smallest absolute Gasteiger partial charge is 0.534 e. The number of aliphatic hydroxyl groups is 2. The van der Waals surface area contributed by atoms with E-state index in [9.17, 15) is 19.7 Å². The predicted molar refractivity (Wildman–Crippen MR) is 113 cm³/mol. The number of aliphatic hydroxyl groups excluding tert-OH is 2. The maximum Gasteiger partial charge on any atom is 0.547 e. The Labute approximate surface area is 180 Å². The summed E-state index contributed by atoms with van der Waals surface area (Å²) in [6, 6.07) is 11.6. The highest BCUT2D eigenvalue weighted by molar-refractivity contribution is 6.47. The number of carboxylic acid groups (broad SMARTS) is 1. The molecule has 1 atom stereocenters. The number of carbonyl (C=O) groups excluding carboxylic acids is 1. The average molecular weight is 428 g/mol. The van der Waals surface area contributed by atoms with Gasteiger partial charge in [0.05, 0.1) is 24.7 Å². The maximum atomic E-state index is 12.8. The van der Waals surface area contributed by atoms with Gasteiger partial charge in [0.2, 0.25) is 0 Å². The number of benzene rings is 2. The molecule has 1 aliphatic rings. The zero-order chi connectivity index (χ0) is 22.4. The second-order valence-electron chi connectivity index (χ2n) is 7.32. The van der Waals surface area contributed by atoms with Gasteiger partial charge in [-0.05, 0) is 35.7 Å². The van der Waals surface area contributed by atoms with Crippen molar-refractivity contribution < 1.29 is 34.6 Å². The third-order valence-electron chi connectivity index (χ3n) is 5.09. The molecule has 0 bridgehead atoms. The number of nitrogens with zero attached hydrogens (tertiary/aromatic N) is 1. The van der Waals surface area contributed by atoms with Gasteiger partial charge in [-0.15, -0.1) is 0 Å². The molecule has 0 saturated carbocycles. The zero-order valence-electron chi connectivity index (χ0n) is 16.9. The number of carboxylic acids is 1. The van der Waals surface area contributed by atoms with Gasteiger partial charge in [-0.25, -0.2) is 4.79 Å². The van der Waals surface area contributed by atoms with Crippen molar-refractivity contribution in [3.8, 4) is 5.75 Å². The first-order valence-electron chi connectivity index (χ1n) is 9.96. The molecule has 2 aromatic carbocycles. The summed E-state index contributed by atoms with van der Waals surface area (Å²) in [5, 5.41) is 40.7. The molecule has 0 saturated heterocycles. The van der Waals surface area contributed by atoms with E-state index in [1.54, 1.807) is 30.3 Å². The molecule has 3 rings (SSSR count). The molecule has 1 heterocycles. The first kappa shape index (κ1) is 22.8. The van der Waals surface area contributed by atoms with Gasteiger partial charge in [-0.1, -0.05) is 24.3 Å². The molecule has 2 aromatic rings. The van der Waals surface area contributed by atoms with Crippen LogP contribution in [-0.4, -0.2) is 76.5 Å². The van der Waals surface area contributed by atoms with Crippen molar-refractivity contribution in [1.29, 1.82) is 0 Å². The molecular weight excluding hydrogens is 403 g/mol. The lowest BCUT2D eigenvalue weighted by Gasteiger charge is -2.29. The lowest BCUT2D eigenvalue weighted by molar-refractivity contribution is 0.0693. The number of amides is 1. The van der Waals surface area contributed by atoms with Crippen molar-refractivity contribution in [1.82, 2.24) is 10.2 Å². The van der Waals surface area contributed by atoms with Crippen LogP contribution in [0.2, 0.25) is 0 Å². The lowest BCUT2D eigenvalue weighted by atomic mass is 9.72. The molecule has 5 N–H and O–H groups in total. The summed E-state index contributed by atoms with van der Waals surface area (Å²) in [5.41, 5.74) is 1.78. The Balaban J connectivity index is 1.70. The van der Waals surface area contributed by atoms with Gasteiger partial charge in [0.1, 0.15) is 5.75 Å². The summed E-state index contributed by atoms with van der Waals surface area (Å²) < 4.78 is 5.41. The first-order valence-corrected chi connectivity index (χ1v) is 9.96. The number of fused-ring (bicyclic) bond motifs is 1. The number of carbonyl (C=O) groups is 2. The van der Waals surface area contributed by atoms with E-state index in [2.05, 4.69) is 5.32 Å². The molecule has 1 aliphatic heterocycles. The monoisotopic (exact) mass is 428 g/mol. The third-order valence-corrected chi connectivity index (χ3v) is 5.09. The molecule has 10 heteroatoms. The van der Waals surface area contributed by atoms with Gasteiger partial charge in [0.15, 0.2) is 0 Å². The van der Waals surface area contributed by atoms with E-state index in [4.69, 9.17) is 14.9 Å². The standard InChI is InChI=1S/C21H25BN2O7/c25-9-7-24(8-10-26)13-14-3-1-5-16(11-14)20(27)23-18-12-15-4-2-6-17(21(28)29)19(15)31-22(18)30/h1-6,11,18,25-26,30H,7-10,12-13H2,(H,23,27)(H,28,29)/t18-/m0/s1. The van der Waals surface area contributed by atoms with Crippen LogP contribution in [-0.2, 0) is 13.0 Å². The highest BCUT2D eigenvalue weighted by Gasteiger charge is 2.37. The number of hydrogen-bond acceptors (Lipinski definition) is 7. The van der Waals surface area contributed by atoms with Gasteiger partial charge in [-0.3, -0.25) is 9.69 Å². The molecule has 9 nitrogen and oxygen atoms in total. The summed E-state index contributed by atoms with van der Waals surface area (Å²) in [4.78, 5) is 26.0. The van der Waals surface area contributed by atoms with Crippen molar-refractivity contribution in [3.05, 3.63) is 64.7 Å². The van der Waals surface area contributed by atoms with Crippen LogP contribution in [0.1, 0.15) is 31.8 Å². The van der Waals surface area contributed by atoms with Crippen molar-refractivity contribution >= 4 is 19.0 Å². The largest absolute Gasteiger partial charge is 0.547 e. The molecule has 0 aromatic heterocycles. The molecule has 0 aliphatic carbocycles. The Morgan fingerprint density at radius 3 is 2.52 bits per heavy atom. The zero-order valence-corrected chi connectivity index (χ0v) is 16.9. The summed E-state index contributed by atoms with van der Waals surface area (Å²) in [6.45, 7) is 1.19.